The number of sulfonamides is 1. The summed E-state index contributed by atoms with van der Waals surface area (Å²) in [5.74, 6) is -0.877. The summed E-state index contributed by atoms with van der Waals surface area (Å²) in [7, 11) is -4.27. The van der Waals surface area contributed by atoms with E-state index in [4.69, 9.17) is 4.74 Å². The van der Waals surface area contributed by atoms with Gasteiger partial charge in [0.15, 0.2) is 17.0 Å². The molecule has 39 heavy (non-hydrogen) atoms. The van der Waals surface area contributed by atoms with E-state index in [1.54, 1.807) is 6.07 Å². The van der Waals surface area contributed by atoms with Gasteiger partial charge in [0.05, 0.1) is 12.6 Å². The zero-order valence-electron chi connectivity index (χ0n) is 21.3. The number of Topliss-reactive ketones (excluding diaryl/α,β-unsaturated/α-hetero) is 1. The Bertz CT molecular complexity index is 1500. The van der Waals surface area contributed by atoms with E-state index in [-0.39, 0.29) is 23.6 Å². The lowest BCUT2D eigenvalue weighted by Gasteiger charge is -2.28. The number of nitrogens with zero attached hydrogens (tertiary/aromatic N) is 3. The van der Waals surface area contributed by atoms with Gasteiger partial charge in [-0.05, 0) is 36.3 Å². The summed E-state index contributed by atoms with van der Waals surface area (Å²) in [6.07, 6.45) is 0.813. The summed E-state index contributed by atoms with van der Waals surface area (Å²) in [4.78, 5) is 40.8. The van der Waals surface area contributed by atoms with E-state index in [9.17, 15) is 28.0 Å². The van der Waals surface area contributed by atoms with Crippen molar-refractivity contribution in [3.8, 4) is 5.06 Å². The van der Waals surface area contributed by atoms with Crippen LogP contribution in [0, 0.1) is 11.1 Å². The summed E-state index contributed by atoms with van der Waals surface area (Å²) in [5.41, 5.74) is 0. The van der Waals surface area contributed by atoms with Gasteiger partial charge in [-0.3, -0.25) is 9.59 Å². The quantitative estimate of drug-likeness (QED) is 0.338. The summed E-state index contributed by atoms with van der Waals surface area (Å²) in [6, 6.07) is 10.6. The van der Waals surface area contributed by atoms with E-state index in [2.05, 4.69) is 5.32 Å². The molecule has 3 unspecified atom stereocenters. The molecule has 3 atom stereocenters. The van der Waals surface area contributed by atoms with Crippen LogP contribution < -0.4 is 14.8 Å². The fourth-order valence-electron chi connectivity index (χ4n) is 5.24. The molecule has 0 spiro atoms. The van der Waals surface area contributed by atoms with Crippen LogP contribution in [-0.2, 0) is 19.6 Å². The molecular weight excluding hydrogens is 544 g/mol. The van der Waals surface area contributed by atoms with Gasteiger partial charge in [0, 0.05) is 29.4 Å². The number of aromatic nitrogens is 1. The summed E-state index contributed by atoms with van der Waals surface area (Å²) < 4.78 is 34.2. The highest BCUT2D eigenvalue weighted by Crippen LogP contribution is 2.34. The normalized spacial score (nSPS) is 20.4. The van der Waals surface area contributed by atoms with Crippen molar-refractivity contribution in [3.05, 3.63) is 59.9 Å². The van der Waals surface area contributed by atoms with E-state index in [1.165, 1.54) is 34.4 Å². The van der Waals surface area contributed by atoms with Crippen LogP contribution in [0.4, 0.5) is 4.79 Å². The highest BCUT2D eigenvalue weighted by Gasteiger charge is 2.55. The van der Waals surface area contributed by atoms with Gasteiger partial charge in [0.1, 0.15) is 12.1 Å². The van der Waals surface area contributed by atoms with Gasteiger partial charge >= 0.3 is 21.1 Å². The smallest absolute Gasteiger partial charge is 0.414 e. The second-order valence-electron chi connectivity index (χ2n) is 10.0. The van der Waals surface area contributed by atoms with Gasteiger partial charge < -0.3 is 20.2 Å². The van der Waals surface area contributed by atoms with Crippen molar-refractivity contribution < 1.29 is 32.3 Å². The predicted molar refractivity (Wildman–Crippen MR) is 142 cm³/mol. The Hall–Kier alpha value is -3.55. The van der Waals surface area contributed by atoms with Crippen molar-refractivity contribution >= 4 is 49.2 Å². The molecule has 2 aromatic heterocycles. The highest BCUT2D eigenvalue weighted by molar-refractivity contribution is 7.89. The maximum atomic E-state index is 13.7. The average Bonchev–Trinajstić information content (AvgIpc) is 3.57. The Labute approximate surface area is 229 Å². The molecule has 2 fully saturated rings. The second kappa shape index (κ2) is 10.5. The van der Waals surface area contributed by atoms with Gasteiger partial charge in [-0.15, -0.1) is 0 Å². The van der Waals surface area contributed by atoms with Crippen LogP contribution in [-0.4, -0.2) is 66.6 Å². The monoisotopic (exact) mass is 572 g/mol. The molecule has 4 heterocycles. The fraction of sp³-hybridized carbons (Fsp3) is 0.385. The highest BCUT2D eigenvalue weighted by atomic mass is 32.2. The third kappa shape index (κ3) is 5.21. The van der Waals surface area contributed by atoms with Crippen LogP contribution in [0.2, 0.25) is 0 Å². The number of amides is 2. The third-order valence-electron chi connectivity index (χ3n) is 6.92. The molecule has 1 N–H and O–H groups in total. The minimum atomic E-state index is -4.27. The Morgan fingerprint density at radius 3 is 2.67 bits per heavy atom. The van der Waals surface area contributed by atoms with Crippen LogP contribution in [0.15, 0.2) is 59.8 Å². The molecule has 1 aromatic carbocycles. The lowest BCUT2D eigenvalue weighted by atomic mass is 10.0. The second-order valence-corrected chi connectivity index (χ2v) is 12.9. The number of carbonyl (C=O) groups is 3. The number of ether oxygens (including phenoxy) is 1. The van der Waals surface area contributed by atoms with Crippen molar-refractivity contribution in [3.63, 3.8) is 0 Å². The van der Waals surface area contributed by atoms with Crippen molar-refractivity contribution in [1.82, 2.24) is 14.5 Å². The molecule has 2 aliphatic rings. The number of hydrogen-bond donors (Lipinski definition) is 1. The van der Waals surface area contributed by atoms with Crippen LogP contribution >= 0.6 is 11.3 Å². The number of benzene rings is 1. The van der Waals surface area contributed by atoms with Crippen LogP contribution in [0.25, 0.3) is 10.1 Å². The van der Waals surface area contributed by atoms with E-state index >= 15 is 0 Å². The Morgan fingerprint density at radius 1 is 1.21 bits per heavy atom. The molecule has 0 bridgehead atoms. The molecule has 206 valence electrons. The topological polar surface area (TPSA) is 140 Å². The molecule has 2 aliphatic heterocycles. The van der Waals surface area contributed by atoms with Crippen molar-refractivity contribution in [1.29, 1.82) is 0 Å². The molecule has 3 aromatic rings. The van der Waals surface area contributed by atoms with Crippen molar-refractivity contribution in [2.45, 2.75) is 49.8 Å². The number of carbonyl (C=O) groups excluding carboxylic acids is 3. The van der Waals surface area contributed by atoms with Gasteiger partial charge in [-0.1, -0.05) is 43.4 Å². The first kappa shape index (κ1) is 27.0. The lowest BCUT2D eigenvalue weighted by molar-refractivity contribution is -0.646. The minimum Gasteiger partial charge on any atom is -0.618 e. The minimum absolute atomic E-state index is 0.0312. The van der Waals surface area contributed by atoms with Gasteiger partial charge in [0.2, 0.25) is 5.91 Å². The van der Waals surface area contributed by atoms with E-state index in [0.717, 1.165) is 20.6 Å². The molecule has 5 rings (SSSR count). The molecular formula is C26H28N4O7S2. The van der Waals surface area contributed by atoms with E-state index < -0.39 is 57.5 Å². The molecule has 2 saturated heterocycles. The molecule has 2 amide bonds. The first-order chi connectivity index (χ1) is 18.6. The summed E-state index contributed by atoms with van der Waals surface area (Å²) in [5, 5.41) is 15.6. The molecule has 13 heteroatoms. The van der Waals surface area contributed by atoms with Crippen molar-refractivity contribution in [2.75, 3.05) is 13.1 Å². The molecule has 0 saturated carbocycles. The maximum absolute atomic E-state index is 13.7. The number of rotatable bonds is 7. The summed E-state index contributed by atoms with van der Waals surface area (Å²) >= 11 is 1.31. The van der Waals surface area contributed by atoms with Gasteiger partial charge in [-0.25, -0.2) is 13.2 Å². The summed E-state index contributed by atoms with van der Waals surface area (Å²) in [6.45, 7) is 3.50. The standard InChI is InChI=1S/C26H28N4O7S2/c1-16(2)13-18(27-26(33)37-23-14-17-7-3-4-8-21(17)38-23)25(32)28-12-10-19-24(28)20(31)15-30(19)39(35,36)22-9-5-6-11-29(22)34/h3-9,11,14,16,18-19,24H,10,12-13,15H2,1-2H3,(H,27,33). The van der Waals surface area contributed by atoms with Crippen LogP contribution in [0.3, 0.4) is 0 Å². The number of ketones is 1. The third-order valence-corrected chi connectivity index (χ3v) is 9.77. The predicted octanol–water partition coefficient (Wildman–Crippen LogP) is 2.28. The van der Waals surface area contributed by atoms with Gasteiger partial charge in [-0.2, -0.15) is 9.04 Å². The fourth-order valence-corrected chi connectivity index (χ4v) is 7.80. The molecule has 0 radical (unpaired) electrons. The number of fused-ring (bicyclic) bond motifs is 2. The van der Waals surface area contributed by atoms with Crippen molar-refractivity contribution in [2.24, 2.45) is 5.92 Å². The Balaban J connectivity index is 1.32. The molecule has 0 aliphatic carbocycles. The molecule has 11 nitrogen and oxygen atoms in total. The Kier molecular flexibility index (Phi) is 7.31. The number of thiophene rings is 1. The zero-order valence-corrected chi connectivity index (χ0v) is 23.0. The number of nitrogens with one attached hydrogen (secondary N) is 1. The SMILES string of the molecule is CC(C)CC(NC(=O)Oc1cc2ccccc2s1)C(=O)N1CCC2C1C(=O)CN2S(=O)(=O)c1cccc[n+]1[O-]. The first-order valence-electron chi connectivity index (χ1n) is 12.6. The van der Waals surface area contributed by atoms with Crippen LogP contribution in [0.5, 0.6) is 5.06 Å². The largest absolute Gasteiger partial charge is 0.618 e. The Morgan fingerprint density at radius 2 is 1.95 bits per heavy atom. The number of pyridine rings is 1. The van der Waals surface area contributed by atoms with Crippen LogP contribution in [0.1, 0.15) is 26.7 Å². The zero-order chi connectivity index (χ0) is 27.9. The lowest BCUT2D eigenvalue weighted by Crippen LogP contribution is -2.53. The average molecular weight is 573 g/mol. The number of hydrogen-bond acceptors (Lipinski definition) is 8. The van der Waals surface area contributed by atoms with E-state index in [1.807, 2.05) is 38.1 Å². The maximum Gasteiger partial charge on any atom is 0.414 e. The first-order valence-corrected chi connectivity index (χ1v) is 14.8. The van der Waals surface area contributed by atoms with Gasteiger partial charge in [0.25, 0.3) is 0 Å². The number of likely N-dealkylation sites (tertiary alicyclic amines) is 1. The van der Waals surface area contributed by atoms with E-state index in [0.29, 0.717) is 11.5 Å².